The first kappa shape index (κ1) is 14.6. The Labute approximate surface area is 126 Å². The van der Waals surface area contributed by atoms with Gasteiger partial charge in [-0.25, -0.2) is 9.97 Å². The number of aliphatic hydroxyl groups excluding tert-OH is 2. The molecular formula is C13H18N4O3S. The van der Waals surface area contributed by atoms with Crippen molar-refractivity contribution in [2.45, 2.75) is 36.9 Å². The fourth-order valence-electron chi connectivity index (χ4n) is 2.71. The zero-order valence-electron chi connectivity index (χ0n) is 11.9. The summed E-state index contributed by atoms with van der Waals surface area (Å²) in [5.41, 5.74) is 7.61. The summed E-state index contributed by atoms with van der Waals surface area (Å²) in [5, 5.41) is 20.5. The highest BCUT2D eigenvalue weighted by atomic mass is 32.2. The number of nitrogens with two attached hydrogens (primary N) is 1. The van der Waals surface area contributed by atoms with Crippen LogP contribution in [0.2, 0.25) is 0 Å². The lowest BCUT2D eigenvalue weighted by Gasteiger charge is -2.16. The van der Waals surface area contributed by atoms with E-state index in [9.17, 15) is 10.2 Å². The average Bonchev–Trinajstić information content (AvgIpc) is 2.98. The molecule has 2 aromatic heterocycles. The van der Waals surface area contributed by atoms with Crippen molar-refractivity contribution in [1.82, 2.24) is 14.5 Å². The number of rotatable bonds is 3. The molecule has 3 heterocycles. The minimum Gasteiger partial charge on any atom is -0.394 e. The molecule has 1 fully saturated rings. The average molecular weight is 310 g/mol. The summed E-state index contributed by atoms with van der Waals surface area (Å²) in [4.78, 5) is 8.74. The number of aryl methyl sites for hydroxylation is 1. The molecule has 1 saturated heterocycles. The molecule has 21 heavy (non-hydrogen) atoms. The van der Waals surface area contributed by atoms with Gasteiger partial charge in [0.15, 0.2) is 5.16 Å². The molecular weight excluding hydrogens is 292 g/mol. The van der Waals surface area contributed by atoms with Gasteiger partial charge < -0.3 is 25.3 Å². The predicted molar refractivity (Wildman–Crippen MR) is 80.1 cm³/mol. The first-order valence-corrected chi connectivity index (χ1v) is 7.91. The van der Waals surface area contributed by atoms with Crippen molar-refractivity contribution in [3.05, 3.63) is 11.8 Å². The van der Waals surface area contributed by atoms with Crippen LogP contribution in [-0.4, -0.2) is 49.8 Å². The second-order valence-corrected chi connectivity index (χ2v) is 5.88. The molecule has 2 aromatic rings. The minimum atomic E-state index is -0.684. The van der Waals surface area contributed by atoms with E-state index in [4.69, 9.17) is 10.5 Å². The van der Waals surface area contributed by atoms with Crippen molar-refractivity contribution in [3.63, 3.8) is 0 Å². The minimum absolute atomic E-state index is 0.205. The lowest BCUT2D eigenvalue weighted by Crippen LogP contribution is -2.24. The third kappa shape index (κ3) is 2.38. The monoisotopic (exact) mass is 310 g/mol. The van der Waals surface area contributed by atoms with Crippen LogP contribution in [0, 0.1) is 6.92 Å². The molecule has 0 radical (unpaired) electrons. The summed E-state index contributed by atoms with van der Waals surface area (Å²) in [6, 6.07) is 1.91. The first-order chi connectivity index (χ1) is 10.0. The molecule has 0 aliphatic carbocycles. The van der Waals surface area contributed by atoms with Gasteiger partial charge in [0, 0.05) is 12.1 Å². The van der Waals surface area contributed by atoms with Gasteiger partial charge in [0.05, 0.1) is 18.1 Å². The quantitative estimate of drug-likeness (QED) is 0.565. The van der Waals surface area contributed by atoms with Gasteiger partial charge in [-0.1, -0.05) is 11.8 Å². The van der Waals surface area contributed by atoms with E-state index in [-0.39, 0.29) is 12.8 Å². The van der Waals surface area contributed by atoms with Crippen LogP contribution >= 0.6 is 11.8 Å². The van der Waals surface area contributed by atoms with Gasteiger partial charge in [-0.05, 0) is 19.2 Å². The second-order valence-electron chi connectivity index (χ2n) is 5.10. The summed E-state index contributed by atoms with van der Waals surface area (Å²) < 4.78 is 7.63. The zero-order chi connectivity index (χ0) is 15.1. The molecule has 1 aliphatic rings. The van der Waals surface area contributed by atoms with E-state index in [0.717, 1.165) is 11.1 Å². The van der Waals surface area contributed by atoms with Gasteiger partial charge in [-0.3, -0.25) is 0 Å². The Morgan fingerprint density at radius 1 is 1.52 bits per heavy atom. The highest BCUT2D eigenvalue weighted by Crippen LogP contribution is 2.34. The molecule has 0 bridgehead atoms. The van der Waals surface area contributed by atoms with E-state index in [1.165, 1.54) is 11.8 Å². The van der Waals surface area contributed by atoms with Gasteiger partial charge in [0.2, 0.25) is 0 Å². The van der Waals surface area contributed by atoms with Crippen molar-refractivity contribution in [2.24, 2.45) is 0 Å². The van der Waals surface area contributed by atoms with Crippen LogP contribution in [0.25, 0.3) is 11.0 Å². The van der Waals surface area contributed by atoms with Crippen molar-refractivity contribution >= 4 is 28.6 Å². The Bertz CT molecular complexity index is 675. The Morgan fingerprint density at radius 2 is 2.29 bits per heavy atom. The van der Waals surface area contributed by atoms with Crippen LogP contribution < -0.4 is 5.73 Å². The number of fused-ring (bicyclic) bond motifs is 1. The molecule has 0 saturated carbocycles. The molecule has 1 aliphatic heterocycles. The molecule has 0 spiro atoms. The SMILES string of the molecule is CSc1nc(N)c2cc(C)n([C@H]3C[C@H](O)[C@@H](CO)O3)c2n1. The van der Waals surface area contributed by atoms with Gasteiger partial charge in [0.1, 0.15) is 23.8 Å². The topological polar surface area (TPSA) is 106 Å². The van der Waals surface area contributed by atoms with E-state index in [0.29, 0.717) is 23.0 Å². The number of nitrogens with zero attached hydrogens (tertiary/aromatic N) is 3. The number of hydrogen-bond donors (Lipinski definition) is 3. The summed E-state index contributed by atoms with van der Waals surface area (Å²) in [7, 11) is 0. The number of hydrogen-bond acceptors (Lipinski definition) is 7. The molecule has 8 heteroatoms. The van der Waals surface area contributed by atoms with Gasteiger partial charge in [-0.2, -0.15) is 0 Å². The van der Waals surface area contributed by atoms with Crippen LogP contribution in [0.4, 0.5) is 5.82 Å². The fraction of sp³-hybridized carbons (Fsp3) is 0.538. The smallest absolute Gasteiger partial charge is 0.191 e. The van der Waals surface area contributed by atoms with Crippen LogP contribution in [0.3, 0.4) is 0 Å². The fourth-order valence-corrected chi connectivity index (χ4v) is 3.08. The van der Waals surface area contributed by atoms with Crippen LogP contribution in [-0.2, 0) is 4.74 Å². The summed E-state index contributed by atoms with van der Waals surface area (Å²) in [5.74, 6) is 0.434. The van der Waals surface area contributed by atoms with Gasteiger partial charge in [0.25, 0.3) is 0 Å². The largest absolute Gasteiger partial charge is 0.394 e. The summed E-state index contributed by atoms with van der Waals surface area (Å²) in [6.07, 6.45) is 0.688. The molecule has 7 nitrogen and oxygen atoms in total. The van der Waals surface area contributed by atoms with Crippen LogP contribution in [0.1, 0.15) is 18.3 Å². The van der Waals surface area contributed by atoms with Gasteiger partial charge >= 0.3 is 0 Å². The highest BCUT2D eigenvalue weighted by molar-refractivity contribution is 7.98. The third-order valence-corrected chi connectivity index (χ3v) is 4.30. The normalized spacial score (nSPS) is 25.8. The standard InChI is InChI=1S/C13H18N4O3S/c1-6-3-7-11(14)15-13(21-2)16-12(7)17(6)10-4-8(19)9(5-18)20-10/h3,8-10,18-19H,4-5H2,1-2H3,(H2,14,15,16)/t8-,9+,10+/m0/s1. The number of anilines is 1. The highest BCUT2D eigenvalue weighted by Gasteiger charge is 2.35. The third-order valence-electron chi connectivity index (χ3n) is 3.75. The van der Waals surface area contributed by atoms with E-state index >= 15 is 0 Å². The maximum atomic E-state index is 9.92. The lowest BCUT2D eigenvalue weighted by atomic mass is 10.2. The maximum absolute atomic E-state index is 9.92. The first-order valence-electron chi connectivity index (χ1n) is 6.68. The van der Waals surface area contributed by atoms with Crippen molar-refractivity contribution in [1.29, 1.82) is 0 Å². The van der Waals surface area contributed by atoms with E-state index in [1.807, 2.05) is 23.8 Å². The van der Waals surface area contributed by atoms with Crippen molar-refractivity contribution in [3.8, 4) is 0 Å². The van der Waals surface area contributed by atoms with Crippen molar-refractivity contribution < 1.29 is 14.9 Å². The number of ether oxygens (including phenoxy) is 1. The second kappa shape index (κ2) is 5.45. The number of nitrogen functional groups attached to an aromatic ring is 1. The molecule has 0 unspecified atom stereocenters. The van der Waals surface area contributed by atoms with E-state index in [2.05, 4.69) is 9.97 Å². The number of aromatic nitrogens is 3. The van der Waals surface area contributed by atoms with Crippen LogP contribution in [0.15, 0.2) is 11.2 Å². The summed E-state index contributed by atoms with van der Waals surface area (Å²) >= 11 is 1.42. The molecule has 114 valence electrons. The Morgan fingerprint density at radius 3 is 2.90 bits per heavy atom. The Kier molecular flexibility index (Phi) is 3.78. The van der Waals surface area contributed by atoms with Gasteiger partial charge in [-0.15, -0.1) is 0 Å². The van der Waals surface area contributed by atoms with Crippen LogP contribution in [0.5, 0.6) is 0 Å². The predicted octanol–water partition coefficient (Wildman–Crippen LogP) is 0.685. The lowest BCUT2D eigenvalue weighted by molar-refractivity contribution is -0.0436. The molecule has 3 rings (SSSR count). The number of aliphatic hydroxyl groups is 2. The maximum Gasteiger partial charge on any atom is 0.191 e. The molecule has 4 N–H and O–H groups in total. The summed E-state index contributed by atoms with van der Waals surface area (Å²) in [6.45, 7) is 1.73. The van der Waals surface area contributed by atoms with E-state index in [1.54, 1.807) is 0 Å². The molecule has 0 aromatic carbocycles. The molecule has 0 amide bonds. The number of thioether (sulfide) groups is 1. The van der Waals surface area contributed by atoms with E-state index < -0.39 is 12.2 Å². The Balaban J connectivity index is 2.10. The van der Waals surface area contributed by atoms with Crippen molar-refractivity contribution in [2.75, 3.05) is 18.6 Å². The zero-order valence-corrected chi connectivity index (χ0v) is 12.7. The Hall–Kier alpha value is -1.35. The molecule has 3 atom stereocenters.